The van der Waals surface area contributed by atoms with Gasteiger partial charge in [-0.2, -0.15) is 5.10 Å². The maximum Gasteiger partial charge on any atom is 0.273 e. The summed E-state index contributed by atoms with van der Waals surface area (Å²) >= 11 is 0. The van der Waals surface area contributed by atoms with Gasteiger partial charge in [0.05, 0.1) is 11.9 Å². The van der Waals surface area contributed by atoms with Crippen LogP contribution in [-0.2, 0) is 13.1 Å². The maximum absolute atomic E-state index is 13.0. The molecule has 1 amide bonds. The normalized spacial score (nSPS) is 13.9. The summed E-state index contributed by atoms with van der Waals surface area (Å²) in [5.74, 6) is -0.281. The Bertz CT molecular complexity index is 1180. The van der Waals surface area contributed by atoms with E-state index in [-0.39, 0.29) is 5.91 Å². The molecule has 3 aromatic heterocycles. The number of carbonyl (C=O) groups is 1. The Labute approximate surface area is 206 Å². The van der Waals surface area contributed by atoms with Gasteiger partial charge in [-0.25, -0.2) is 0 Å². The summed E-state index contributed by atoms with van der Waals surface area (Å²) in [6.07, 6.45) is 12.6. The van der Waals surface area contributed by atoms with Crippen molar-refractivity contribution in [2.24, 2.45) is 0 Å². The summed E-state index contributed by atoms with van der Waals surface area (Å²) in [6.45, 7) is 3.87. The minimum Gasteiger partial charge on any atom is -0.319 e. The van der Waals surface area contributed by atoms with Crippen molar-refractivity contribution in [1.82, 2.24) is 30.0 Å². The zero-order chi connectivity index (χ0) is 24.5. The summed E-state index contributed by atoms with van der Waals surface area (Å²) in [4.78, 5) is 26.3. The van der Waals surface area contributed by atoms with Gasteiger partial charge in [-0.1, -0.05) is 18.6 Å². The van der Waals surface area contributed by atoms with Gasteiger partial charge in [0.15, 0.2) is 0 Å². The molecule has 0 radical (unpaired) electrons. The Balaban J connectivity index is 1.52. The first-order valence-electron chi connectivity index (χ1n) is 12.0. The molecule has 1 saturated heterocycles. The quantitative estimate of drug-likeness (QED) is 0.534. The van der Waals surface area contributed by atoms with E-state index in [0.717, 1.165) is 48.4 Å². The molecule has 0 atom stereocenters. The van der Waals surface area contributed by atoms with Crippen molar-refractivity contribution in [2.45, 2.75) is 32.4 Å². The van der Waals surface area contributed by atoms with Gasteiger partial charge in [0, 0.05) is 43.4 Å². The van der Waals surface area contributed by atoms with Gasteiger partial charge >= 0.3 is 0 Å². The van der Waals surface area contributed by atoms with Crippen molar-refractivity contribution in [2.75, 3.05) is 32.5 Å². The van der Waals surface area contributed by atoms with Crippen LogP contribution in [0, 0.1) is 0 Å². The van der Waals surface area contributed by atoms with Crippen LogP contribution in [0.15, 0.2) is 67.4 Å². The second-order valence-electron chi connectivity index (χ2n) is 9.14. The molecule has 1 aliphatic heterocycles. The molecule has 4 heterocycles. The number of aromatic nitrogens is 4. The monoisotopic (exact) mass is 471 g/mol. The Morgan fingerprint density at radius 3 is 2.60 bits per heavy atom. The van der Waals surface area contributed by atoms with Crippen molar-refractivity contribution < 1.29 is 4.79 Å². The highest BCUT2D eigenvalue weighted by Crippen LogP contribution is 2.19. The van der Waals surface area contributed by atoms with E-state index in [2.05, 4.69) is 41.3 Å². The fourth-order valence-corrected chi connectivity index (χ4v) is 4.20. The van der Waals surface area contributed by atoms with Crippen LogP contribution in [0.1, 0.15) is 40.9 Å². The molecule has 35 heavy (non-hydrogen) atoms. The average molecular weight is 472 g/mol. The summed E-state index contributed by atoms with van der Waals surface area (Å²) in [5.41, 5.74) is 5.12. The van der Waals surface area contributed by atoms with E-state index in [1.165, 1.54) is 19.3 Å². The molecule has 0 aromatic carbocycles. The smallest absolute Gasteiger partial charge is 0.273 e. The second kappa shape index (κ2) is 12.2. The Morgan fingerprint density at radius 1 is 0.971 bits per heavy atom. The molecule has 8 heteroatoms. The van der Waals surface area contributed by atoms with E-state index in [4.69, 9.17) is 0 Å². The molecule has 1 aliphatic rings. The maximum atomic E-state index is 13.0. The molecule has 0 unspecified atom stereocenters. The van der Waals surface area contributed by atoms with Crippen LogP contribution in [0.3, 0.4) is 0 Å². The van der Waals surface area contributed by atoms with Crippen LogP contribution in [0.25, 0.3) is 11.1 Å². The average Bonchev–Trinajstić information content (AvgIpc) is 2.97. The number of anilines is 1. The fraction of sp³-hybridized carbons (Fsp3) is 0.333. The van der Waals surface area contributed by atoms with Crippen molar-refractivity contribution in [1.29, 1.82) is 0 Å². The zero-order valence-electron chi connectivity index (χ0n) is 20.4. The second-order valence-corrected chi connectivity index (χ2v) is 9.14. The lowest BCUT2D eigenvalue weighted by Gasteiger charge is -2.26. The molecular formula is C27H33N7O. The predicted octanol–water partition coefficient (Wildman–Crippen LogP) is 4.29. The minimum absolute atomic E-state index is 0.281. The molecule has 0 saturated carbocycles. The van der Waals surface area contributed by atoms with Gasteiger partial charge in [-0.15, -0.1) is 0 Å². The lowest BCUT2D eigenvalue weighted by atomic mass is 10.1. The van der Waals surface area contributed by atoms with E-state index in [1.807, 2.05) is 57.0 Å². The lowest BCUT2D eigenvalue weighted by Crippen LogP contribution is -2.29. The van der Waals surface area contributed by atoms with Gasteiger partial charge in [-0.05, 0) is 81.0 Å². The van der Waals surface area contributed by atoms with Gasteiger partial charge in [-0.3, -0.25) is 24.8 Å². The number of pyridine rings is 2. The third kappa shape index (κ3) is 7.43. The van der Waals surface area contributed by atoms with Gasteiger partial charge < -0.3 is 10.2 Å². The molecule has 0 aliphatic carbocycles. The standard InChI is InChI=1S/C27H33N7O/c1-33(2)19-21-13-24(17-28-15-21)23-7-6-10-30-32-26(9-8-23)27(35)31-25-14-22(16-29-18-25)20-34-11-4-3-5-12-34/h6-10,13-18,32H,3-5,11-12,19-20H2,1-2H3,(H,31,35). The van der Waals surface area contributed by atoms with E-state index in [9.17, 15) is 4.79 Å². The topological polar surface area (TPSA) is 90.0 Å². The number of hydrogen-bond acceptors (Lipinski definition) is 6. The Hall–Kier alpha value is -3.62. The largest absolute Gasteiger partial charge is 0.319 e. The summed E-state index contributed by atoms with van der Waals surface area (Å²) < 4.78 is 0. The Morgan fingerprint density at radius 2 is 1.77 bits per heavy atom. The number of aromatic amines is 1. The molecule has 0 spiro atoms. The van der Waals surface area contributed by atoms with Crippen molar-refractivity contribution >= 4 is 11.6 Å². The number of nitrogens with zero attached hydrogens (tertiary/aromatic N) is 5. The van der Waals surface area contributed by atoms with Crippen LogP contribution >= 0.6 is 0 Å². The van der Waals surface area contributed by atoms with Crippen molar-refractivity contribution in [3.05, 3.63) is 84.2 Å². The fourth-order valence-electron chi connectivity index (χ4n) is 4.20. The van der Waals surface area contributed by atoms with Gasteiger partial charge in [0.1, 0.15) is 5.69 Å². The highest BCUT2D eigenvalue weighted by Gasteiger charge is 2.12. The highest BCUT2D eigenvalue weighted by molar-refractivity contribution is 6.02. The molecular weight excluding hydrogens is 438 g/mol. The number of hydrogen-bond donors (Lipinski definition) is 2. The van der Waals surface area contributed by atoms with Crippen LogP contribution in [-0.4, -0.2) is 63.1 Å². The van der Waals surface area contributed by atoms with Crippen LogP contribution < -0.4 is 5.32 Å². The molecule has 8 nitrogen and oxygen atoms in total. The van der Waals surface area contributed by atoms with Crippen molar-refractivity contribution in [3.8, 4) is 11.1 Å². The summed E-state index contributed by atoms with van der Waals surface area (Å²) in [7, 11) is 4.06. The van der Waals surface area contributed by atoms with Crippen LogP contribution in [0.4, 0.5) is 5.69 Å². The van der Waals surface area contributed by atoms with Gasteiger partial charge in [0.2, 0.25) is 0 Å². The number of likely N-dealkylation sites (tertiary alicyclic amines) is 1. The number of carbonyl (C=O) groups excluding carboxylic acids is 1. The summed E-state index contributed by atoms with van der Waals surface area (Å²) in [6, 6.07) is 11.5. The van der Waals surface area contributed by atoms with E-state index in [0.29, 0.717) is 11.4 Å². The van der Waals surface area contributed by atoms with Gasteiger partial charge in [0.25, 0.3) is 5.91 Å². The zero-order valence-corrected chi connectivity index (χ0v) is 20.4. The van der Waals surface area contributed by atoms with E-state index < -0.39 is 0 Å². The van der Waals surface area contributed by atoms with Crippen LogP contribution in [0.5, 0.6) is 0 Å². The molecule has 0 bridgehead atoms. The molecule has 2 N–H and O–H groups in total. The molecule has 182 valence electrons. The van der Waals surface area contributed by atoms with Crippen LogP contribution in [0.2, 0.25) is 0 Å². The Kier molecular flexibility index (Phi) is 8.53. The first-order valence-corrected chi connectivity index (χ1v) is 12.0. The first kappa shape index (κ1) is 24.5. The predicted molar refractivity (Wildman–Crippen MR) is 138 cm³/mol. The first-order chi connectivity index (χ1) is 17.1. The van der Waals surface area contributed by atoms with E-state index in [1.54, 1.807) is 18.5 Å². The SMILES string of the molecule is CN(C)Cc1cncc(-c2cccn[nH]c(C(=O)Nc3cncc(CN4CCCCC4)c3)cc2)c1. The molecule has 3 aromatic rings. The number of piperidine rings is 1. The number of rotatable bonds is 7. The minimum atomic E-state index is -0.281. The third-order valence-corrected chi connectivity index (χ3v) is 5.83. The molecule has 1 fully saturated rings. The van der Waals surface area contributed by atoms with Crippen molar-refractivity contribution in [3.63, 3.8) is 0 Å². The third-order valence-electron chi connectivity index (χ3n) is 5.83. The number of H-pyrrole nitrogens is 1. The molecule has 4 rings (SSSR count). The summed E-state index contributed by atoms with van der Waals surface area (Å²) in [5, 5.41) is 9.94. The lowest BCUT2D eigenvalue weighted by molar-refractivity contribution is 0.102. The van der Waals surface area contributed by atoms with E-state index >= 15 is 0 Å². The highest BCUT2D eigenvalue weighted by atomic mass is 16.1. The number of amides is 1. The number of nitrogens with one attached hydrogen (secondary N) is 2.